The molecule has 1 heteroatoms. The number of nitrogens with zero attached hydrogens (tertiary/aromatic N) is 1. The van der Waals surface area contributed by atoms with Crippen LogP contribution in [-0.4, -0.2) is 24.5 Å². The molecule has 0 aromatic carbocycles. The third kappa shape index (κ3) is 1.01. The molecule has 0 aromatic rings. The van der Waals surface area contributed by atoms with Gasteiger partial charge in [0.15, 0.2) is 0 Å². The number of likely N-dealkylation sites (tertiary alicyclic amines) is 1. The lowest BCUT2D eigenvalue weighted by Crippen LogP contribution is -2.30. The Morgan fingerprint density at radius 2 is 2.18 bits per heavy atom. The molecule has 1 aliphatic carbocycles. The van der Waals surface area contributed by atoms with Crippen LogP contribution in [0.25, 0.3) is 0 Å². The molecule has 0 bridgehead atoms. The predicted octanol–water partition coefficient (Wildman–Crippen LogP) is 2.13. The fourth-order valence-electron chi connectivity index (χ4n) is 3.25. The van der Waals surface area contributed by atoms with Crippen LogP contribution in [-0.2, 0) is 0 Å². The summed E-state index contributed by atoms with van der Waals surface area (Å²) in [5.41, 5.74) is 0.675. The van der Waals surface area contributed by atoms with Gasteiger partial charge in [-0.25, -0.2) is 0 Å². The third-order valence-electron chi connectivity index (χ3n) is 3.81. The monoisotopic (exact) mass is 153 g/mol. The molecule has 1 heterocycles. The van der Waals surface area contributed by atoms with Gasteiger partial charge in [-0.2, -0.15) is 0 Å². The Hall–Kier alpha value is -0.0400. The first-order valence-corrected chi connectivity index (χ1v) is 4.82. The van der Waals surface area contributed by atoms with Gasteiger partial charge in [0.05, 0.1) is 0 Å². The quantitative estimate of drug-likeness (QED) is 0.515. The van der Waals surface area contributed by atoms with E-state index in [1.807, 2.05) is 0 Å². The van der Waals surface area contributed by atoms with Crippen LogP contribution < -0.4 is 0 Å². The van der Waals surface area contributed by atoms with Crippen LogP contribution in [0, 0.1) is 11.3 Å². The fourth-order valence-corrected chi connectivity index (χ4v) is 3.25. The second-order valence-corrected chi connectivity index (χ2v) is 4.95. The van der Waals surface area contributed by atoms with Crippen molar-refractivity contribution in [2.75, 3.05) is 13.6 Å². The van der Waals surface area contributed by atoms with Gasteiger partial charge in [-0.15, -0.1) is 0 Å². The van der Waals surface area contributed by atoms with E-state index in [0.29, 0.717) is 5.41 Å². The van der Waals surface area contributed by atoms with E-state index in [2.05, 4.69) is 25.8 Å². The standard InChI is InChI=1S/C10H19N/c1-8-6-9-10(2,7-8)4-5-11(9)3/h8-9H,4-7H2,1-3H3. The Kier molecular flexibility index (Phi) is 1.54. The normalized spacial score (nSPS) is 51.5. The molecule has 3 unspecified atom stereocenters. The summed E-state index contributed by atoms with van der Waals surface area (Å²) in [6, 6.07) is 0.900. The van der Waals surface area contributed by atoms with Crippen molar-refractivity contribution in [3.05, 3.63) is 0 Å². The minimum Gasteiger partial charge on any atom is -0.303 e. The summed E-state index contributed by atoms with van der Waals surface area (Å²) in [6.07, 6.45) is 4.33. The molecule has 2 fully saturated rings. The lowest BCUT2D eigenvalue weighted by Gasteiger charge is -2.26. The Bertz CT molecular complexity index is 166. The summed E-state index contributed by atoms with van der Waals surface area (Å²) >= 11 is 0. The molecule has 3 atom stereocenters. The molecule has 1 aliphatic heterocycles. The number of hydrogen-bond acceptors (Lipinski definition) is 1. The zero-order chi connectivity index (χ0) is 8.06. The van der Waals surface area contributed by atoms with Crippen LogP contribution in [0.5, 0.6) is 0 Å². The summed E-state index contributed by atoms with van der Waals surface area (Å²) in [4.78, 5) is 2.56. The van der Waals surface area contributed by atoms with Crippen molar-refractivity contribution in [3.8, 4) is 0 Å². The van der Waals surface area contributed by atoms with Gasteiger partial charge in [-0.05, 0) is 44.2 Å². The van der Waals surface area contributed by atoms with Gasteiger partial charge in [-0.1, -0.05) is 13.8 Å². The second-order valence-electron chi connectivity index (χ2n) is 4.95. The third-order valence-corrected chi connectivity index (χ3v) is 3.81. The molecular weight excluding hydrogens is 134 g/mol. The Morgan fingerprint density at radius 3 is 2.82 bits per heavy atom. The van der Waals surface area contributed by atoms with Gasteiger partial charge in [0.2, 0.25) is 0 Å². The van der Waals surface area contributed by atoms with Gasteiger partial charge in [-0.3, -0.25) is 0 Å². The SMILES string of the molecule is CC1CC2N(C)CCC2(C)C1. The molecule has 0 amide bonds. The minimum absolute atomic E-state index is 0.675. The summed E-state index contributed by atoms with van der Waals surface area (Å²) in [5, 5.41) is 0. The van der Waals surface area contributed by atoms with Crippen LogP contribution in [0.2, 0.25) is 0 Å². The molecular formula is C10H19N. The summed E-state index contributed by atoms with van der Waals surface area (Å²) in [6.45, 7) is 6.20. The van der Waals surface area contributed by atoms with Crippen LogP contribution in [0.3, 0.4) is 0 Å². The molecule has 11 heavy (non-hydrogen) atoms. The summed E-state index contributed by atoms with van der Waals surface area (Å²) < 4.78 is 0. The fraction of sp³-hybridized carbons (Fsp3) is 1.00. The van der Waals surface area contributed by atoms with Crippen molar-refractivity contribution < 1.29 is 0 Å². The van der Waals surface area contributed by atoms with Gasteiger partial charge >= 0.3 is 0 Å². The van der Waals surface area contributed by atoms with Gasteiger partial charge in [0.1, 0.15) is 0 Å². The molecule has 0 radical (unpaired) electrons. The van der Waals surface area contributed by atoms with Crippen LogP contribution in [0.1, 0.15) is 33.1 Å². The number of hydrogen-bond donors (Lipinski definition) is 0. The van der Waals surface area contributed by atoms with Gasteiger partial charge in [0.25, 0.3) is 0 Å². The average molecular weight is 153 g/mol. The number of fused-ring (bicyclic) bond motifs is 1. The maximum absolute atomic E-state index is 2.56. The Balaban J connectivity index is 2.18. The molecule has 1 nitrogen and oxygen atoms in total. The van der Waals surface area contributed by atoms with Crippen LogP contribution in [0.4, 0.5) is 0 Å². The van der Waals surface area contributed by atoms with E-state index < -0.39 is 0 Å². The van der Waals surface area contributed by atoms with E-state index in [9.17, 15) is 0 Å². The molecule has 2 rings (SSSR count). The molecule has 0 aromatic heterocycles. The first-order chi connectivity index (χ1) is 5.12. The first-order valence-electron chi connectivity index (χ1n) is 4.82. The zero-order valence-electron chi connectivity index (χ0n) is 7.93. The van der Waals surface area contributed by atoms with E-state index in [1.54, 1.807) is 0 Å². The highest BCUT2D eigenvalue weighted by atomic mass is 15.2. The van der Waals surface area contributed by atoms with E-state index in [0.717, 1.165) is 12.0 Å². The minimum atomic E-state index is 0.675. The van der Waals surface area contributed by atoms with Crippen molar-refractivity contribution in [1.29, 1.82) is 0 Å². The summed E-state index contributed by atoms with van der Waals surface area (Å²) in [5.74, 6) is 0.966. The maximum Gasteiger partial charge on any atom is 0.0149 e. The maximum atomic E-state index is 2.56. The second kappa shape index (κ2) is 2.22. The van der Waals surface area contributed by atoms with Crippen LogP contribution in [0.15, 0.2) is 0 Å². The van der Waals surface area contributed by atoms with Crippen molar-refractivity contribution in [3.63, 3.8) is 0 Å². The Labute approximate surface area is 69.8 Å². The van der Waals surface area contributed by atoms with E-state index in [4.69, 9.17) is 0 Å². The molecule has 64 valence electrons. The lowest BCUT2D eigenvalue weighted by atomic mass is 9.84. The first kappa shape index (κ1) is 7.60. The highest BCUT2D eigenvalue weighted by Crippen LogP contribution is 2.49. The van der Waals surface area contributed by atoms with E-state index in [1.165, 1.54) is 25.8 Å². The van der Waals surface area contributed by atoms with E-state index >= 15 is 0 Å². The molecule has 2 aliphatic rings. The Morgan fingerprint density at radius 1 is 1.45 bits per heavy atom. The topological polar surface area (TPSA) is 3.24 Å². The predicted molar refractivity (Wildman–Crippen MR) is 47.5 cm³/mol. The largest absolute Gasteiger partial charge is 0.303 e. The van der Waals surface area contributed by atoms with Gasteiger partial charge < -0.3 is 4.90 Å². The molecule has 0 spiro atoms. The van der Waals surface area contributed by atoms with Gasteiger partial charge in [0, 0.05) is 6.04 Å². The van der Waals surface area contributed by atoms with Crippen molar-refractivity contribution in [1.82, 2.24) is 4.90 Å². The van der Waals surface area contributed by atoms with E-state index in [-0.39, 0.29) is 0 Å². The lowest BCUT2D eigenvalue weighted by molar-refractivity contribution is 0.232. The smallest absolute Gasteiger partial charge is 0.0149 e. The zero-order valence-corrected chi connectivity index (χ0v) is 7.93. The van der Waals surface area contributed by atoms with Crippen molar-refractivity contribution in [2.45, 2.75) is 39.2 Å². The molecule has 1 saturated carbocycles. The highest BCUT2D eigenvalue weighted by Gasteiger charge is 2.47. The molecule has 0 N–H and O–H groups in total. The summed E-state index contributed by atoms with van der Waals surface area (Å²) in [7, 11) is 2.29. The highest BCUT2D eigenvalue weighted by molar-refractivity contribution is 5.01. The average Bonchev–Trinajstić information content (AvgIpc) is 2.32. The van der Waals surface area contributed by atoms with Crippen molar-refractivity contribution >= 4 is 0 Å². The molecule has 1 saturated heterocycles. The number of rotatable bonds is 0. The van der Waals surface area contributed by atoms with Crippen molar-refractivity contribution in [2.24, 2.45) is 11.3 Å². The van der Waals surface area contributed by atoms with Crippen LogP contribution >= 0.6 is 0 Å².